The third kappa shape index (κ3) is 6.78. The molecule has 5 nitrogen and oxygen atoms in total. The van der Waals surface area contributed by atoms with Gasteiger partial charge in [0, 0.05) is 25.2 Å². The quantitative estimate of drug-likeness (QED) is 0.706. The van der Waals surface area contributed by atoms with E-state index in [1.807, 2.05) is 27.8 Å². The summed E-state index contributed by atoms with van der Waals surface area (Å²) in [7, 11) is 1.99. The molecule has 1 saturated carbocycles. The Balaban J connectivity index is 2.16. The van der Waals surface area contributed by atoms with Crippen molar-refractivity contribution in [1.29, 1.82) is 0 Å². The average molecular weight is 271 g/mol. The van der Waals surface area contributed by atoms with Gasteiger partial charge in [0.25, 0.3) is 0 Å². The van der Waals surface area contributed by atoms with E-state index in [-0.39, 0.29) is 11.6 Å². The van der Waals surface area contributed by atoms with Gasteiger partial charge in [-0.1, -0.05) is 12.8 Å². The first kappa shape index (κ1) is 16.2. The van der Waals surface area contributed by atoms with Gasteiger partial charge in [-0.05, 0) is 40.7 Å². The molecule has 112 valence electrons. The topological polar surface area (TPSA) is 64.6 Å². The maximum atomic E-state index is 11.6. The van der Waals surface area contributed by atoms with E-state index in [2.05, 4.69) is 15.5 Å². The molecule has 0 aromatic carbocycles. The average Bonchev–Trinajstić information content (AvgIpc) is 2.61. The summed E-state index contributed by atoms with van der Waals surface area (Å²) in [4.78, 5) is 13.6. The van der Waals surface area contributed by atoms with Crippen LogP contribution in [0.5, 0.6) is 0 Å². The Morgan fingerprint density at radius 3 is 2.42 bits per heavy atom. The normalized spacial score (nSPS) is 18.6. The van der Waals surface area contributed by atoms with Crippen LogP contribution in [0.3, 0.4) is 0 Å². The molecule has 0 spiro atoms. The number of rotatable bonds is 5. The second-order valence-electron chi connectivity index (χ2n) is 6.80. The molecular weight excluding hydrogens is 242 g/mol. The molecule has 1 fully saturated rings. The molecule has 1 aliphatic carbocycles. The molecule has 5 heteroatoms. The fourth-order valence-electron chi connectivity index (χ4n) is 2.52. The molecule has 0 radical (unpaired) electrons. The van der Waals surface area contributed by atoms with Crippen LogP contribution in [0.25, 0.3) is 0 Å². The summed E-state index contributed by atoms with van der Waals surface area (Å²) in [5.41, 5.74) is -0.725. The number of hydrogen-bond donors (Lipinski definition) is 3. The van der Waals surface area contributed by atoms with Gasteiger partial charge in [0.15, 0.2) is 0 Å². The number of nitrogens with one attached hydrogen (secondary N) is 2. The van der Waals surface area contributed by atoms with Crippen molar-refractivity contribution in [3.05, 3.63) is 0 Å². The molecule has 0 bridgehead atoms. The number of likely N-dealkylation sites (N-methyl/N-ethyl adjacent to an activating group) is 1. The minimum absolute atomic E-state index is 0.138. The van der Waals surface area contributed by atoms with E-state index in [0.29, 0.717) is 13.1 Å². The van der Waals surface area contributed by atoms with E-state index in [0.717, 1.165) is 32.2 Å². The van der Waals surface area contributed by atoms with Crippen molar-refractivity contribution in [2.45, 2.75) is 57.6 Å². The molecule has 0 aromatic heterocycles. The van der Waals surface area contributed by atoms with Gasteiger partial charge in [0.2, 0.25) is 0 Å². The Morgan fingerprint density at radius 1 is 1.32 bits per heavy atom. The lowest BCUT2D eigenvalue weighted by Gasteiger charge is -2.28. The van der Waals surface area contributed by atoms with Crippen LogP contribution in [0.15, 0.2) is 0 Å². The van der Waals surface area contributed by atoms with Gasteiger partial charge in [-0.25, -0.2) is 4.79 Å². The van der Waals surface area contributed by atoms with Gasteiger partial charge in [-0.3, -0.25) is 0 Å². The molecule has 1 rings (SSSR count). The number of aliphatic hydroxyl groups is 1. The van der Waals surface area contributed by atoms with Crippen LogP contribution in [-0.4, -0.2) is 53.9 Å². The number of carbonyl (C=O) groups excluding carboxylic acids is 1. The predicted octanol–water partition coefficient (Wildman–Crippen LogP) is 1.32. The zero-order chi connectivity index (χ0) is 14.5. The van der Waals surface area contributed by atoms with Crippen molar-refractivity contribution in [2.24, 2.45) is 0 Å². The molecule has 0 unspecified atom stereocenters. The molecule has 3 N–H and O–H groups in total. The Morgan fingerprint density at radius 2 is 1.89 bits per heavy atom. The van der Waals surface area contributed by atoms with Crippen LogP contribution in [0, 0.1) is 0 Å². The van der Waals surface area contributed by atoms with E-state index in [1.54, 1.807) is 0 Å². The number of amides is 2. The SMILES string of the molecule is CN(CCNC(=O)NC(C)(C)C)CC1(O)CCCC1. The lowest BCUT2D eigenvalue weighted by Crippen LogP contribution is -2.48. The molecule has 0 aliphatic heterocycles. The van der Waals surface area contributed by atoms with Crippen molar-refractivity contribution < 1.29 is 9.90 Å². The molecule has 0 heterocycles. The second-order valence-corrected chi connectivity index (χ2v) is 6.80. The monoisotopic (exact) mass is 271 g/mol. The molecular formula is C14H29N3O2. The minimum atomic E-state index is -0.511. The van der Waals surface area contributed by atoms with E-state index >= 15 is 0 Å². The van der Waals surface area contributed by atoms with E-state index in [9.17, 15) is 9.90 Å². The molecule has 0 aromatic rings. The fraction of sp³-hybridized carbons (Fsp3) is 0.929. The maximum absolute atomic E-state index is 11.6. The third-order valence-corrected chi connectivity index (χ3v) is 3.37. The summed E-state index contributed by atoms with van der Waals surface area (Å²) >= 11 is 0. The summed E-state index contributed by atoms with van der Waals surface area (Å²) in [5.74, 6) is 0. The highest BCUT2D eigenvalue weighted by Gasteiger charge is 2.31. The molecule has 1 aliphatic rings. The lowest BCUT2D eigenvalue weighted by molar-refractivity contribution is 0.0169. The van der Waals surface area contributed by atoms with Gasteiger partial charge in [0.05, 0.1) is 5.60 Å². The summed E-state index contributed by atoms with van der Waals surface area (Å²) in [6, 6.07) is -0.138. The lowest BCUT2D eigenvalue weighted by atomic mass is 10.0. The Bertz CT molecular complexity index is 294. The third-order valence-electron chi connectivity index (χ3n) is 3.37. The van der Waals surface area contributed by atoms with Gasteiger partial charge >= 0.3 is 6.03 Å². The van der Waals surface area contributed by atoms with Crippen molar-refractivity contribution in [3.63, 3.8) is 0 Å². The van der Waals surface area contributed by atoms with E-state index < -0.39 is 5.60 Å². The molecule has 0 atom stereocenters. The number of hydrogen-bond acceptors (Lipinski definition) is 3. The maximum Gasteiger partial charge on any atom is 0.315 e. The van der Waals surface area contributed by atoms with Crippen LogP contribution in [0.2, 0.25) is 0 Å². The minimum Gasteiger partial charge on any atom is -0.389 e. The Labute approximate surface area is 116 Å². The van der Waals surface area contributed by atoms with Gasteiger partial charge in [-0.2, -0.15) is 0 Å². The van der Waals surface area contributed by atoms with Crippen LogP contribution < -0.4 is 10.6 Å². The van der Waals surface area contributed by atoms with E-state index in [1.165, 1.54) is 0 Å². The van der Waals surface area contributed by atoms with Gasteiger partial charge in [-0.15, -0.1) is 0 Å². The van der Waals surface area contributed by atoms with Crippen molar-refractivity contribution in [2.75, 3.05) is 26.7 Å². The first-order valence-electron chi connectivity index (χ1n) is 7.17. The zero-order valence-corrected chi connectivity index (χ0v) is 12.8. The number of carbonyl (C=O) groups is 1. The van der Waals surface area contributed by atoms with Crippen molar-refractivity contribution in [1.82, 2.24) is 15.5 Å². The summed E-state index contributed by atoms with van der Waals surface area (Å²) in [6.45, 7) is 7.89. The molecule has 0 saturated heterocycles. The van der Waals surface area contributed by atoms with Crippen LogP contribution in [-0.2, 0) is 0 Å². The molecule has 2 amide bonds. The first-order valence-corrected chi connectivity index (χ1v) is 7.17. The summed E-state index contributed by atoms with van der Waals surface area (Å²) in [5, 5.41) is 16.0. The number of nitrogens with zero attached hydrogens (tertiary/aromatic N) is 1. The number of urea groups is 1. The summed E-state index contributed by atoms with van der Waals surface area (Å²) < 4.78 is 0. The smallest absolute Gasteiger partial charge is 0.315 e. The van der Waals surface area contributed by atoms with Crippen LogP contribution >= 0.6 is 0 Å². The van der Waals surface area contributed by atoms with Crippen LogP contribution in [0.4, 0.5) is 4.79 Å². The highest BCUT2D eigenvalue weighted by atomic mass is 16.3. The molecule has 19 heavy (non-hydrogen) atoms. The highest BCUT2D eigenvalue weighted by Crippen LogP contribution is 2.29. The largest absolute Gasteiger partial charge is 0.389 e. The Kier molecular flexibility index (Phi) is 5.62. The second kappa shape index (κ2) is 6.57. The fourth-order valence-corrected chi connectivity index (χ4v) is 2.52. The van der Waals surface area contributed by atoms with Crippen LogP contribution in [0.1, 0.15) is 46.5 Å². The first-order chi connectivity index (χ1) is 8.70. The van der Waals surface area contributed by atoms with Gasteiger partial charge in [0.1, 0.15) is 0 Å². The Hall–Kier alpha value is -0.810. The summed E-state index contributed by atoms with van der Waals surface area (Å²) in [6.07, 6.45) is 4.04. The van der Waals surface area contributed by atoms with Gasteiger partial charge < -0.3 is 20.6 Å². The predicted molar refractivity (Wildman–Crippen MR) is 77.2 cm³/mol. The standard InChI is InChI=1S/C14H29N3O2/c1-13(2,3)16-12(18)15-9-10-17(4)11-14(19)7-5-6-8-14/h19H,5-11H2,1-4H3,(H2,15,16,18). The van der Waals surface area contributed by atoms with Crippen molar-refractivity contribution in [3.8, 4) is 0 Å². The van der Waals surface area contributed by atoms with Crippen molar-refractivity contribution >= 4 is 6.03 Å². The highest BCUT2D eigenvalue weighted by molar-refractivity contribution is 5.74. The zero-order valence-electron chi connectivity index (χ0n) is 12.8. The van der Waals surface area contributed by atoms with E-state index in [4.69, 9.17) is 0 Å².